The first kappa shape index (κ1) is 18.1. The van der Waals surface area contributed by atoms with E-state index in [2.05, 4.69) is 17.3 Å². The highest BCUT2D eigenvalue weighted by Gasteiger charge is 2.22. The van der Waals surface area contributed by atoms with Crippen LogP contribution in [0.1, 0.15) is 64.7 Å². The van der Waals surface area contributed by atoms with Crippen LogP contribution in [0.2, 0.25) is 0 Å². The number of hydrogen-bond acceptors (Lipinski definition) is 3. The summed E-state index contributed by atoms with van der Waals surface area (Å²) < 4.78 is 0. The first-order valence-corrected chi connectivity index (χ1v) is 8.55. The van der Waals surface area contributed by atoms with Gasteiger partial charge in [0, 0.05) is 18.9 Å². The Morgan fingerprint density at radius 2 is 1.57 bits per heavy atom. The summed E-state index contributed by atoms with van der Waals surface area (Å²) in [5, 5.41) is 3.08. The second-order valence-corrected chi connectivity index (χ2v) is 6.44. The van der Waals surface area contributed by atoms with E-state index in [9.17, 15) is 9.59 Å². The summed E-state index contributed by atoms with van der Waals surface area (Å²) in [6.07, 6.45) is 9.57. The number of nitrogens with one attached hydrogen (secondary N) is 1. The highest BCUT2D eigenvalue weighted by atomic mass is 16.1. The predicted octanol–water partition coefficient (Wildman–Crippen LogP) is 2.76. The summed E-state index contributed by atoms with van der Waals surface area (Å²) in [4.78, 5) is 25.1. The number of carbonyl (C=O) groups is 2. The fourth-order valence-electron chi connectivity index (χ4n) is 2.83. The highest BCUT2D eigenvalue weighted by Crippen LogP contribution is 2.15. The molecule has 1 amide bonds. The highest BCUT2D eigenvalue weighted by molar-refractivity contribution is 5.78. The summed E-state index contributed by atoms with van der Waals surface area (Å²) >= 11 is 0. The third-order valence-electron chi connectivity index (χ3n) is 4.34. The molecule has 1 fully saturated rings. The van der Waals surface area contributed by atoms with E-state index >= 15 is 0 Å². The fraction of sp³-hybridized carbons (Fsp3) is 0.882. The molecule has 1 aliphatic rings. The Morgan fingerprint density at radius 1 is 1.00 bits per heavy atom. The smallest absolute Gasteiger partial charge is 0.223 e. The van der Waals surface area contributed by atoms with Crippen LogP contribution in [0.3, 0.4) is 0 Å². The van der Waals surface area contributed by atoms with Crippen molar-refractivity contribution >= 4 is 11.7 Å². The number of carbonyl (C=O) groups excluding carboxylic acids is 2. The molecule has 1 aliphatic heterocycles. The Morgan fingerprint density at radius 3 is 2.19 bits per heavy atom. The van der Waals surface area contributed by atoms with Crippen LogP contribution in [0.15, 0.2) is 0 Å². The van der Waals surface area contributed by atoms with Crippen molar-refractivity contribution in [3.63, 3.8) is 0 Å². The molecule has 0 spiro atoms. The van der Waals surface area contributed by atoms with Crippen molar-refractivity contribution in [3.05, 3.63) is 0 Å². The average Bonchev–Trinajstić information content (AvgIpc) is 2.45. The van der Waals surface area contributed by atoms with Gasteiger partial charge in [0.1, 0.15) is 5.78 Å². The number of ketones is 1. The summed E-state index contributed by atoms with van der Waals surface area (Å²) in [5.74, 6) is 0.781. The Balaban J connectivity index is 1.89. The van der Waals surface area contributed by atoms with E-state index in [0.717, 1.165) is 58.2 Å². The Labute approximate surface area is 129 Å². The first-order valence-electron chi connectivity index (χ1n) is 8.55. The zero-order valence-electron chi connectivity index (χ0n) is 13.8. The van der Waals surface area contributed by atoms with E-state index in [4.69, 9.17) is 0 Å². The van der Waals surface area contributed by atoms with Crippen LogP contribution in [0.5, 0.6) is 0 Å². The third kappa shape index (κ3) is 8.86. The maximum absolute atomic E-state index is 12.0. The van der Waals surface area contributed by atoms with E-state index in [-0.39, 0.29) is 11.8 Å². The van der Waals surface area contributed by atoms with Gasteiger partial charge in [0.15, 0.2) is 0 Å². The van der Waals surface area contributed by atoms with Crippen molar-refractivity contribution < 1.29 is 9.59 Å². The topological polar surface area (TPSA) is 49.4 Å². The van der Waals surface area contributed by atoms with Gasteiger partial charge in [-0.25, -0.2) is 0 Å². The number of nitrogens with zero attached hydrogens (tertiary/aromatic N) is 1. The number of hydrogen-bond donors (Lipinski definition) is 1. The lowest BCUT2D eigenvalue weighted by molar-refractivity contribution is -0.126. The molecule has 0 radical (unpaired) electrons. The molecule has 122 valence electrons. The van der Waals surface area contributed by atoms with E-state index in [0.29, 0.717) is 5.78 Å². The lowest BCUT2D eigenvalue weighted by Crippen LogP contribution is -2.39. The predicted molar refractivity (Wildman–Crippen MR) is 86.2 cm³/mol. The van der Waals surface area contributed by atoms with Gasteiger partial charge >= 0.3 is 0 Å². The first-order chi connectivity index (χ1) is 10.1. The number of unbranched alkanes of at least 4 members (excludes halogenated alkanes) is 5. The van der Waals surface area contributed by atoms with Crippen LogP contribution in [0.4, 0.5) is 0 Å². The molecule has 0 aromatic carbocycles. The summed E-state index contributed by atoms with van der Waals surface area (Å²) in [6.45, 7) is 4.56. The van der Waals surface area contributed by atoms with Crippen LogP contribution in [-0.2, 0) is 9.59 Å². The quantitative estimate of drug-likeness (QED) is 0.631. The van der Waals surface area contributed by atoms with Gasteiger partial charge in [0.2, 0.25) is 5.91 Å². The van der Waals surface area contributed by atoms with Gasteiger partial charge in [0.25, 0.3) is 0 Å². The largest absolute Gasteiger partial charge is 0.356 e. The van der Waals surface area contributed by atoms with Crippen LogP contribution >= 0.6 is 0 Å². The van der Waals surface area contributed by atoms with Crippen molar-refractivity contribution in [2.24, 2.45) is 5.92 Å². The summed E-state index contributed by atoms with van der Waals surface area (Å²) in [5.41, 5.74) is 0. The molecule has 4 nitrogen and oxygen atoms in total. The van der Waals surface area contributed by atoms with E-state index < -0.39 is 0 Å². The molecule has 0 aliphatic carbocycles. The molecule has 0 saturated carbocycles. The van der Waals surface area contributed by atoms with Gasteiger partial charge < -0.3 is 15.0 Å². The van der Waals surface area contributed by atoms with Crippen molar-refractivity contribution in [2.45, 2.75) is 64.7 Å². The Bertz CT molecular complexity index is 310. The number of piperidine rings is 1. The molecule has 1 N–H and O–H groups in total. The molecule has 1 saturated heterocycles. The normalized spacial score (nSPS) is 16.9. The molecule has 1 heterocycles. The average molecular weight is 296 g/mol. The molecular weight excluding hydrogens is 264 g/mol. The van der Waals surface area contributed by atoms with E-state index in [1.165, 1.54) is 19.3 Å². The van der Waals surface area contributed by atoms with Gasteiger partial charge in [0.05, 0.1) is 0 Å². The van der Waals surface area contributed by atoms with Crippen molar-refractivity contribution in [1.29, 1.82) is 0 Å². The molecule has 0 atom stereocenters. The fourth-order valence-corrected chi connectivity index (χ4v) is 2.83. The minimum atomic E-state index is 0.229. The minimum absolute atomic E-state index is 0.229. The maximum atomic E-state index is 12.0. The van der Waals surface area contributed by atoms with Crippen molar-refractivity contribution in [3.8, 4) is 0 Å². The van der Waals surface area contributed by atoms with E-state index in [1.54, 1.807) is 6.92 Å². The monoisotopic (exact) mass is 296 g/mol. The minimum Gasteiger partial charge on any atom is -0.356 e. The molecule has 0 unspecified atom stereocenters. The number of Topliss-reactive ketones (excluding diaryl/α,β-unsaturated/α-hetero) is 1. The van der Waals surface area contributed by atoms with Gasteiger partial charge in [-0.15, -0.1) is 0 Å². The van der Waals surface area contributed by atoms with Gasteiger partial charge in [-0.3, -0.25) is 4.79 Å². The maximum Gasteiger partial charge on any atom is 0.223 e. The number of amides is 1. The Kier molecular flexibility index (Phi) is 9.31. The van der Waals surface area contributed by atoms with Crippen LogP contribution in [0.25, 0.3) is 0 Å². The molecule has 4 heteroatoms. The van der Waals surface area contributed by atoms with E-state index in [1.807, 2.05) is 0 Å². The zero-order valence-corrected chi connectivity index (χ0v) is 13.8. The van der Waals surface area contributed by atoms with Crippen LogP contribution in [0, 0.1) is 5.92 Å². The second kappa shape index (κ2) is 10.8. The summed E-state index contributed by atoms with van der Waals surface area (Å²) in [6, 6.07) is 0. The number of likely N-dealkylation sites (tertiary alicyclic amines) is 1. The molecule has 1 rings (SSSR count). The van der Waals surface area contributed by atoms with Gasteiger partial charge in [-0.05, 0) is 52.7 Å². The molecular formula is C17H32N2O2. The lowest BCUT2D eigenvalue weighted by Gasteiger charge is -2.28. The van der Waals surface area contributed by atoms with Gasteiger partial charge in [-0.2, -0.15) is 0 Å². The van der Waals surface area contributed by atoms with Crippen LogP contribution < -0.4 is 5.32 Å². The zero-order chi connectivity index (χ0) is 15.5. The van der Waals surface area contributed by atoms with Crippen molar-refractivity contribution in [2.75, 3.05) is 26.7 Å². The Hall–Kier alpha value is -0.900. The lowest BCUT2D eigenvalue weighted by atomic mass is 9.96. The van der Waals surface area contributed by atoms with Crippen molar-refractivity contribution in [1.82, 2.24) is 10.2 Å². The molecule has 21 heavy (non-hydrogen) atoms. The second-order valence-electron chi connectivity index (χ2n) is 6.44. The molecule has 0 aromatic rings. The van der Waals surface area contributed by atoms with Gasteiger partial charge in [-0.1, -0.05) is 25.7 Å². The SMILES string of the molecule is CC(=O)CCCCCCCCNC(=O)C1CCN(C)CC1. The third-order valence-corrected chi connectivity index (χ3v) is 4.34. The number of rotatable bonds is 10. The standard InChI is InChI=1S/C17H32N2O2/c1-15(20)9-7-5-3-4-6-8-12-18-17(21)16-10-13-19(2)14-11-16/h16H,3-14H2,1-2H3,(H,18,21). The molecule has 0 aromatic heterocycles. The summed E-state index contributed by atoms with van der Waals surface area (Å²) in [7, 11) is 2.12. The molecule has 0 bridgehead atoms. The van der Waals surface area contributed by atoms with Crippen LogP contribution in [-0.4, -0.2) is 43.3 Å².